The number of rotatable bonds is 3. The highest BCUT2D eigenvalue weighted by Crippen LogP contribution is 2.26. The Morgan fingerprint density at radius 1 is 1.32 bits per heavy atom. The average Bonchev–Trinajstić information content (AvgIpc) is 2.94. The Hall–Kier alpha value is -0.640. The van der Waals surface area contributed by atoms with E-state index in [9.17, 15) is 0 Å². The summed E-state index contributed by atoms with van der Waals surface area (Å²) in [4.78, 5) is 6.57. The van der Waals surface area contributed by atoms with Crippen LogP contribution in [0, 0.1) is 5.92 Å². The van der Waals surface area contributed by atoms with Crippen LogP contribution in [0.25, 0.3) is 0 Å². The first kappa shape index (κ1) is 13.3. The summed E-state index contributed by atoms with van der Waals surface area (Å²) in [5.41, 5.74) is 1.28. The van der Waals surface area contributed by atoms with Crippen LogP contribution in [0.3, 0.4) is 0 Å². The number of likely N-dealkylation sites (tertiary alicyclic amines) is 1. The first-order valence-corrected chi connectivity index (χ1v) is 7.75. The van der Waals surface area contributed by atoms with Crippen molar-refractivity contribution in [3.63, 3.8) is 0 Å². The number of pyridine rings is 1. The minimum Gasteiger partial charge on any atom is -0.314 e. The zero-order chi connectivity index (χ0) is 13.1. The molecule has 2 saturated heterocycles. The summed E-state index contributed by atoms with van der Waals surface area (Å²) >= 11 is 5.93. The normalized spacial score (nSPS) is 25.8. The third-order valence-electron chi connectivity index (χ3n) is 4.50. The highest BCUT2D eigenvalue weighted by atomic mass is 35.5. The van der Waals surface area contributed by atoms with Crippen molar-refractivity contribution in [1.29, 1.82) is 0 Å². The van der Waals surface area contributed by atoms with Gasteiger partial charge in [-0.3, -0.25) is 4.90 Å². The third-order valence-corrected chi connectivity index (χ3v) is 4.70. The maximum Gasteiger partial charge on any atom is 0.129 e. The van der Waals surface area contributed by atoms with Crippen LogP contribution < -0.4 is 5.32 Å². The Balaban J connectivity index is 1.50. The van der Waals surface area contributed by atoms with Crippen LogP contribution in [-0.2, 0) is 6.54 Å². The molecule has 1 aromatic rings. The topological polar surface area (TPSA) is 28.2 Å². The molecule has 0 bridgehead atoms. The highest BCUT2D eigenvalue weighted by molar-refractivity contribution is 6.29. The molecule has 1 aromatic heterocycles. The monoisotopic (exact) mass is 279 g/mol. The molecule has 3 heterocycles. The molecule has 1 N–H and O–H groups in total. The van der Waals surface area contributed by atoms with E-state index >= 15 is 0 Å². The molecule has 1 atom stereocenters. The zero-order valence-electron chi connectivity index (χ0n) is 11.3. The highest BCUT2D eigenvalue weighted by Gasteiger charge is 2.28. The van der Waals surface area contributed by atoms with Gasteiger partial charge >= 0.3 is 0 Å². The van der Waals surface area contributed by atoms with Crippen LogP contribution in [0.15, 0.2) is 18.3 Å². The Kier molecular flexibility index (Phi) is 4.36. The van der Waals surface area contributed by atoms with Gasteiger partial charge in [-0.1, -0.05) is 11.6 Å². The summed E-state index contributed by atoms with van der Waals surface area (Å²) in [6.07, 6.45) is 7.20. The summed E-state index contributed by atoms with van der Waals surface area (Å²) in [5.74, 6) is 0.889. The molecule has 3 rings (SSSR count). The van der Waals surface area contributed by atoms with Crippen molar-refractivity contribution in [3.05, 3.63) is 29.0 Å². The van der Waals surface area contributed by atoms with Crippen LogP contribution in [0.1, 0.15) is 31.2 Å². The largest absolute Gasteiger partial charge is 0.314 e. The number of nitrogens with zero attached hydrogens (tertiary/aromatic N) is 2. The number of aromatic nitrogens is 1. The molecule has 3 nitrogen and oxygen atoms in total. The molecule has 4 heteroatoms. The van der Waals surface area contributed by atoms with Gasteiger partial charge in [0.25, 0.3) is 0 Å². The van der Waals surface area contributed by atoms with Crippen LogP contribution >= 0.6 is 11.6 Å². The summed E-state index contributed by atoms with van der Waals surface area (Å²) in [6, 6.07) is 4.83. The number of nitrogens with one attached hydrogen (secondary N) is 1. The van der Waals surface area contributed by atoms with E-state index in [-0.39, 0.29) is 0 Å². The van der Waals surface area contributed by atoms with Crippen molar-refractivity contribution in [3.8, 4) is 0 Å². The van der Waals surface area contributed by atoms with E-state index in [2.05, 4.69) is 21.3 Å². The quantitative estimate of drug-likeness (QED) is 0.863. The Morgan fingerprint density at radius 3 is 2.84 bits per heavy atom. The molecular formula is C15H22ClN3. The van der Waals surface area contributed by atoms with E-state index in [1.165, 1.54) is 50.9 Å². The van der Waals surface area contributed by atoms with E-state index in [1.807, 2.05) is 6.07 Å². The Morgan fingerprint density at radius 2 is 2.16 bits per heavy atom. The maximum atomic E-state index is 5.93. The van der Waals surface area contributed by atoms with Crippen molar-refractivity contribution in [2.24, 2.45) is 5.92 Å². The second kappa shape index (κ2) is 6.21. The lowest BCUT2D eigenvalue weighted by Gasteiger charge is -2.34. The second-order valence-corrected chi connectivity index (χ2v) is 6.19. The van der Waals surface area contributed by atoms with Crippen LogP contribution in [-0.4, -0.2) is 35.6 Å². The van der Waals surface area contributed by atoms with E-state index in [0.717, 1.165) is 18.5 Å². The van der Waals surface area contributed by atoms with Crippen molar-refractivity contribution < 1.29 is 0 Å². The molecule has 2 fully saturated rings. The summed E-state index contributed by atoms with van der Waals surface area (Å²) in [7, 11) is 0. The lowest BCUT2D eigenvalue weighted by atomic mass is 9.88. The number of hydrogen-bond donors (Lipinski definition) is 1. The van der Waals surface area contributed by atoms with E-state index in [4.69, 9.17) is 11.6 Å². The van der Waals surface area contributed by atoms with E-state index in [0.29, 0.717) is 5.15 Å². The lowest BCUT2D eigenvalue weighted by Crippen LogP contribution is -2.40. The van der Waals surface area contributed by atoms with Gasteiger partial charge in [0.2, 0.25) is 0 Å². The fourth-order valence-corrected chi connectivity index (χ4v) is 3.62. The standard InChI is InChI=1S/C15H22ClN3/c16-15-10-12(3-7-18-15)11-19-8-4-13(5-9-19)14-2-1-6-17-14/h3,7,10,13-14,17H,1-2,4-6,8-9,11H2. The predicted octanol–water partition coefficient (Wildman–Crippen LogP) is 2.70. The molecular weight excluding hydrogens is 258 g/mol. The van der Waals surface area contributed by atoms with Gasteiger partial charge in [0, 0.05) is 18.8 Å². The third kappa shape index (κ3) is 3.47. The van der Waals surface area contributed by atoms with E-state index < -0.39 is 0 Å². The summed E-state index contributed by atoms with van der Waals surface area (Å²) < 4.78 is 0. The molecule has 2 aliphatic rings. The Labute approximate surface area is 120 Å². The molecule has 0 spiro atoms. The lowest BCUT2D eigenvalue weighted by molar-refractivity contribution is 0.157. The van der Waals surface area contributed by atoms with E-state index in [1.54, 1.807) is 6.20 Å². The smallest absolute Gasteiger partial charge is 0.129 e. The van der Waals surface area contributed by atoms with Crippen LogP contribution in [0.4, 0.5) is 0 Å². The number of hydrogen-bond acceptors (Lipinski definition) is 3. The number of halogens is 1. The zero-order valence-corrected chi connectivity index (χ0v) is 12.1. The van der Waals surface area contributed by atoms with Gasteiger partial charge in [-0.05, 0) is 68.9 Å². The summed E-state index contributed by atoms with van der Waals surface area (Å²) in [6.45, 7) is 4.65. The van der Waals surface area contributed by atoms with Gasteiger partial charge in [0.1, 0.15) is 5.15 Å². The van der Waals surface area contributed by atoms with Gasteiger partial charge in [-0.25, -0.2) is 4.98 Å². The minimum absolute atomic E-state index is 0.600. The summed E-state index contributed by atoms with van der Waals surface area (Å²) in [5, 5.41) is 4.25. The van der Waals surface area contributed by atoms with Gasteiger partial charge in [0.05, 0.1) is 0 Å². The minimum atomic E-state index is 0.600. The van der Waals surface area contributed by atoms with Crippen molar-refractivity contribution in [1.82, 2.24) is 15.2 Å². The second-order valence-electron chi connectivity index (χ2n) is 5.80. The van der Waals surface area contributed by atoms with Crippen molar-refractivity contribution >= 4 is 11.6 Å². The maximum absolute atomic E-state index is 5.93. The predicted molar refractivity (Wildman–Crippen MR) is 78.3 cm³/mol. The number of piperidine rings is 1. The molecule has 0 amide bonds. The molecule has 2 aliphatic heterocycles. The van der Waals surface area contributed by atoms with Crippen LogP contribution in [0.5, 0.6) is 0 Å². The van der Waals surface area contributed by atoms with Gasteiger partial charge in [-0.15, -0.1) is 0 Å². The Bertz CT molecular complexity index is 410. The molecule has 0 radical (unpaired) electrons. The van der Waals surface area contributed by atoms with Crippen LogP contribution in [0.2, 0.25) is 5.15 Å². The molecule has 0 aliphatic carbocycles. The molecule has 104 valence electrons. The fourth-order valence-electron chi connectivity index (χ4n) is 3.43. The first-order chi connectivity index (χ1) is 9.31. The molecule has 19 heavy (non-hydrogen) atoms. The SMILES string of the molecule is Clc1cc(CN2CCC(C3CCCN3)CC2)ccn1. The molecule has 0 saturated carbocycles. The molecule has 1 unspecified atom stereocenters. The van der Waals surface area contributed by atoms with Gasteiger partial charge < -0.3 is 5.32 Å². The van der Waals surface area contributed by atoms with Gasteiger partial charge in [0.15, 0.2) is 0 Å². The average molecular weight is 280 g/mol. The van der Waals surface area contributed by atoms with Crippen molar-refractivity contribution in [2.45, 2.75) is 38.3 Å². The first-order valence-electron chi connectivity index (χ1n) is 7.37. The van der Waals surface area contributed by atoms with Crippen molar-refractivity contribution in [2.75, 3.05) is 19.6 Å². The fraction of sp³-hybridized carbons (Fsp3) is 0.667. The molecule has 0 aromatic carbocycles. The van der Waals surface area contributed by atoms with Gasteiger partial charge in [-0.2, -0.15) is 0 Å².